The van der Waals surface area contributed by atoms with Crippen LogP contribution in [0.15, 0.2) is 24.3 Å². The Morgan fingerprint density at radius 1 is 1.46 bits per heavy atom. The number of rotatable bonds is 6. The molecule has 1 unspecified atom stereocenters. The van der Waals surface area contributed by atoms with Crippen LogP contribution < -0.4 is 15.8 Å². The van der Waals surface area contributed by atoms with Crippen LogP contribution in [-0.2, 0) is 11.3 Å². The van der Waals surface area contributed by atoms with Crippen molar-refractivity contribution in [2.24, 2.45) is 11.1 Å². The van der Waals surface area contributed by atoms with Gasteiger partial charge in [0.05, 0.1) is 12.6 Å². The normalized spacial score (nSPS) is 20.8. The summed E-state index contributed by atoms with van der Waals surface area (Å²) in [5.74, 6) is 0.889. The summed E-state index contributed by atoms with van der Waals surface area (Å²) in [6.45, 7) is 11.0. The third kappa shape index (κ3) is 5.49. The first-order valence-electron chi connectivity index (χ1n) is 8.76. The molecule has 1 saturated heterocycles. The van der Waals surface area contributed by atoms with Crippen LogP contribution >= 0.6 is 0 Å². The maximum Gasteiger partial charge on any atom is 0.234 e. The molecule has 1 aromatic rings. The Balaban J connectivity index is 1.81. The lowest BCUT2D eigenvalue weighted by atomic mass is 9.80. The fraction of sp³-hybridized carbons (Fsp3) is 0.632. The van der Waals surface area contributed by atoms with Gasteiger partial charge in [0, 0.05) is 25.7 Å². The van der Waals surface area contributed by atoms with Crippen molar-refractivity contribution in [3.63, 3.8) is 0 Å². The van der Waals surface area contributed by atoms with E-state index in [2.05, 4.69) is 24.1 Å². The second-order valence-electron chi connectivity index (χ2n) is 7.69. The molecule has 24 heavy (non-hydrogen) atoms. The molecule has 1 heterocycles. The highest BCUT2D eigenvalue weighted by atomic mass is 16.5. The summed E-state index contributed by atoms with van der Waals surface area (Å²) in [5, 5.41) is 3.00. The Bertz CT molecular complexity index is 557. The molecule has 134 valence electrons. The number of nitrogens with two attached hydrogens (primary N) is 1. The smallest absolute Gasteiger partial charge is 0.234 e. The van der Waals surface area contributed by atoms with Gasteiger partial charge in [-0.15, -0.1) is 0 Å². The summed E-state index contributed by atoms with van der Waals surface area (Å²) < 4.78 is 5.68. The van der Waals surface area contributed by atoms with Crippen LogP contribution in [0, 0.1) is 5.41 Å². The standard InChI is InChI=1S/C19H31N3O2/c1-14(2)24-16-7-5-6-15(10-16)11-21-18(23)12-22-9-8-17(20)19(3,4)13-22/h5-7,10,14,17H,8-9,11-13,20H2,1-4H3,(H,21,23). The third-order valence-corrected chi connectivity index (χ3v) is 4.52. The monoisotopic (exact) mass is 333 g/mol. The fourth-order valence-corrected chi connectivity index (χ4v) is 3.08. The van der Waals surface area contributed by atoms with Crippen LogP contribution in [0.1, 0.15) is 39.7 Å². The molecular weight excluding hydrogens is 302 g/mol. The van der Waals surface area contributed by atoms with E-state index in [1.165, 1.54) is 0 Å². The van der Waals surface area contributed by atoms with Crippen LogP contribution in [0.2, 0.25) is 0 Å². The minimum Gasteiger partial charge on any atom is -0.491 e. The zero-order chi connectivity index (χ0) is 17.7. The maximum absolute atomic E-state index is 12.2. The molecule has 3 N–H and O–H groups in total. The molecule has 5 heteroatoms. The van der Waals surface area contributed by atoms with Crippen LogP contribution in [-0.4, -0.2) is 42.6 Å². The van der Waals surface area contributed by atoms with Gasteiger partial charge < -0.3 is 15.8 Å². The first-order valence-corrected chi connectivity index (χ1v) is 8.76. The number of hydrogen-bond donors (Lipinski definition) is 2. The zero-order valence-corrected chi connectivity index (χ0v) is 15.3. The number of amides is 1. The minimum absolute atomic E-state index is 0.0523. The molecule has 1 amide bonds. The van der Waals surface area contributed by atoms with Gasteiger partial charge in [0.25, 0.3) is 0 Å². The zero-order valence-electron chi connectivity index (χ0n) is 15.3. The van der Waals surface area contributed by atoms with E-state index in [0.717, 1.165) is 30.8 Å². The Morgan fingerprint density at radius 3 is 2.88 bits per heavy atom. The van der Waals surface area contributed by atoms with Crippen molar-refractivity contribution in [3.8, 4) is 5.75 Å². The molecule has 1 fully saturated rings. The van der Waals surface area contributed by atoms with Gasteiger partial charge in [0.15, 0.2) is 0 Å². The van der Waals surface area contributed by atoms with Crippen molar-refractivity contribution in [2.45, 2.75) is 52.8 Å². The molecule has 1 aromatic carbocycles. The SMILES string of the molecule is CC(C)Oc1cccc(CNC(=O)CN2CCC(N)C(C)(C)C2)c1. The number of hydrogen-bond acceptors (Lipinski definition) is 4. The van der Waals surface area contributed by atoms with Gasteiger partial charge in [-0.1, -0.05) is 26.0 Å². The summed E-state index contributed by atoms with van der Waals surface area (Å²) in [7, 11) is 0. The average Bonchev–Trinajstić information content (AvgIpc) is 2.48. The molecule has 0 saturated carbocycles. The van der Waals surface area contributed by atoms with E-state index >= 15 is 0 Å². The lowest BCUT2D eigenvalue weighted by Crippen LogP contribution is -2.54. The highest BCUT2D eigenvalue weighted by Gasteiger charge is 2.33. The van der Waals surface area contributed by atoms with Crippen LogP contribution in [0.3, 0.4) is 0 Å². The van der Waals surface area contributed by atoms with Gasteiger partial charge in [-0.25, -0.2) is 0 Å². The van der Waals surface area contributed by atoms with Gasteiger partial charge in [-0.3, -0.25) is 9.69 Å². The average molecular weight is 333 g/mol. The molecule has 2 rings (SSSR count). The van der Waals surface area contributed by atoms with E-state index in [0.29, 0.717) is 13.1 Å². The van der Waals surface area contributed by atoms with E-state index in [4.69, 9.17) is 10.5 Å². The van der Waals surface area contributed by atoms with Crippen LogP contribution in [0.4, 0.5) is 0 Å². The van der Waals surface area contributed by atoms with E-state index in [9.17, 15) is 4.79 Å². The Labute approximate surface area is 145 Å². The van der Waals surface area contributed by atoms with Crippen molar-refractivity contribution in [1.82, 2.24) is 10.2 Å². The van der Waals surface area contributed by atoms with Gasteiger partial charge in [0.2, 0.25) is 5.91 Å². The Kier molecular flexibility index (Phi) is 6.24. The van der Waals surface area contributed by atoms with Crippen LogP contribution in [0.5, 0.6) is 5.75 Å². The summed E-state index contributed by atoms with van der Waals surface area (Å²) in [5.41, 5.74) is 7.25. The summed E-state index contributed by atoms with van der Waals surface area (Å²) >= 11 is 0. The summed E-state index contributed by atoms with van der Waals surface area (Å²) in [6, 6.07) is 8.07. The quantitative estimate of drug-likeness (QED) is 0.837. The van der Waals surface area contributed by atoms with E-state index < -0.39 is 0 Å². The van der Waals surface area contributed by atoms with Gasteiger partial charge in [0.1, 0.15) is 5.75 Å². The van der Waals surface area contributed by atoms with E-state index in [1.54, 1.807) is 0 Å². The van der Waals surface area contributed by atoms with Crippen LogP contribution in [0.25, 0.3) is 0 Å². The Morgan fingerprint density at radius 2 is 2.21 bits per heavy atom. The molecular formula is C19H31N3O2. The summed E-state index contributed by atoms with van der Waals surface area (Å²) in [4.78, 5) is 14.4. The van der Waals surface area contributed by atoms with Crippen molar-refractivity contribution >= 4 is 5.91 Å². The number of ether oxygens (including phenoxy) is 1. The predicted molar refractivity (Wildman–Crippen MR) is 96.9 cm³/mol. The molecule has 0 aromatic heterocycles. The Hall–Kier alpha value is -1.59. The number of carbonyl (C=O) groups is 1. The van der Waals surface area contributed by atoms with E-state index in [1.807, 2.05) is 38.1 Å². The van der Waals surface area contributed by atoms with Gasteiger partial charge in [-0.2, -0.15) is 0 Å². The molecule has 1 atom stereocenters. The molecule has 5 nitrogen and oxygen atoms in total. The summed E-state index contributed by atoms with van der Waals surface area (Å²) in [6.07, 6.45) is 1.08. The second kappa shape index (κ2) is 7.99. The molecule has 0 bridgehead atoms. The fourth-order valence-electron chi connectivity index (χ4n) is 3.08. The predicted octanol–water partition coefficient (Wildman–Crippen LogP) is 2.15. The third-order valence-electron chi connectivity index (χ3n) is 4.52. The minimum atomic E-state index is 0.0523. The topological polar surface area (TPSA) is 67.6 Å². The lowest BCUT2D eigenvalue weighted by molar-refractivity contribution is -0.123. The number of nitrogens with zero attached hydrogens (tertiary/aromatic N) is 1. The van der Waals surface area contributed by atoms with Crippen molar-refractivity contribution in [1.29, 1.82) is 0 Å². The number of benzene rings is 1. The largest absolute Gasteiger partial charge is 0.491 e. The van der Waals surface area contributed by atoms with Gasteiger partial charge in [-0.05, 0) is 43.4 Å². The first kappa shape index (κ1) is 18.7. The molecule has 0 aliphatic carbocycles. The van der Waals surface area contributed by atoms with Crippen molar-refractivity contribution in [2.75, 3.05) is 19.6 Å². The molecule has 1 aliphatic heterocycles. The van der Waals surface area contributed by atoms with Gasteiger partial charge >= 0.3 is 0 Å². The molecule has 1 aliphatic rings. The first-order chi connectivity index (χ1) is 11.3. The van der Waals surface area contributed by atoms with Crippen molar-refractivity contribution < 1.29 is 9.53 Å². The van der Waals surface area contributed by atoms with E-state index in [-0.39, 0.29) is 23.5 Å². The highest BCUT2D eigenvalue weighted by molar-refractivity contribution is 5.78. The number of likely N-dealkylation sites (tertiary alicyclic amines) is 1. The highest BCUT2D eigenvalue weighted by Crippen LogP contribution is 2.27. The molecule has 0 spiro atoms. The number of piperidine rings is 1. The maximum atomic E-state index is 12.2. The number of nitrogens with one attached hydrogen (secondary N) is 1. The lowest BCUT2D eigenvalue weighted by Gasteiger charge is -2.42. The van der Waals surface area contributed by atoms with Crippen molar-refractivity contribution in [3.05, 3.63) is 29.8 Å². The second-order valence-corrected chi connectivity index (χ2v) is 7.69. The molecule has 0 radical (unpaired) electrons. The number of carbonyl (C=O) groups excluding carboxylic acids is 1.